The molecular formula is C45H29N5. The summed E-state index contributed by atoms with van der Waals surface area (Å²) in [5, 5.41) is 4.69. The Hall–Kier alpha value is -6.85. The molecule has 10 aromatic rings. The molecule has 0 saturated heterocycles. The molecule has 0 fully saturated rings. The van der Waals surface area contributed by atoms with Crippen molar-refractivity contribution in [1.82, 2.24) is 24.1 Å². The molecule has 0 radical (unpaired) electrons. The van der Waals surface area contributed by atoms with Crippen LogP contribution in [0.2, 0.25) is 0 Å². The van der Waals surface area contributed by atoms with Crippen LogP contribution < -0.4 is 0 Å². The number of hydrogen-bond donors (Lipinski definition) is 0. The Balaban J connectivity index is 1.07. The number of nitrogens with zero attached hydrogens (tertiary/aromatic N) is 5. The van der Waals surface area contributed by atoms with Crippen molar-refractivity contribution in [3.8, 4) is 45.0 Å². The van der Waals surface area contributed by atoms with Crippen molar-refractivity contribution < 1.29 is 0 Å². The van der Waals surface area contributed by atoms with Gasteiger partial charge in [-0.2, -0.15) is 0 Å². The maximum Gasteiger partial charge on any atom is 0.0715 e. The normalized spacial score (nSPS) is 11.6. The Morgan fingerprint density at radius 3 is 1.28 bits per heavy atom. The van der Waals surface area contributed by atoms with Crippen molar-refractivity contribution in [2.75, 3.05) is 0 Å². The summed E-state index contributed by atoms with van der Waals surface area (Å²) in [7, 11) is 0. The molecule has 0 aliphatic rings. The fourth-order valence-electron chi connectivity index (χ4n) is 7.37. The summed E-state index contributed by atoms with van der Waals surface area (Å²) >= 11 is 0. The van der Waals surface area contributed by atoms with Crippen LogP contribution in [0.1, 0.15) is 0 Å². The molecule has 0 aliphatic carbocycles. The van der Waals surface area contributed by atoms with Gasteiger partial charge in [0, 0.05) is 68.8 Å². The molecule has 0 saturated carbocycles. The Labute approximate surface area is 288 Å². The van der Waals surface area contributed by atoms with Crippen LogP contribution in [0.5, 0.6) is 0 Å². The van der Waals surface area contributed by atoms with Gasteiger partial charge in [0.05, 0.1) is 33.5 Å². The number of aromatic nitrogens is 5. The minimum absolute atomic E-state index is 0.929. The van der Waals surface area contributed by atoms with Crippen LogP contribution in [-0.2, 0) is 0 Å². The predicted molar refractivity (Wildman–Crippen MR) is 205 cm³/mol. The Kier molecular flexibility index (Phi) is 6.42. The molecule has 0 atom stereocenters. The highest BCUT2D eigenvalue weighted by Crippen LogP contribution is 2.35. The molecule has 5 heterocycles. The summed E-state index contributed by atoms with van der Waals surface area (Å²) in [5.41, 5.74) is 13.1. The lowest BCUT2D eigenvalue weighted by Crippen LogP contribution is -1.96. The highest BCUT2D eigenvalue weighted by molar-refractivity contribution is 6.09. The lowest BCUT2D eigenvalue weighted by Gasteiger charge is -2.13. The van der Waals surface area contributed by atoms with Gasteiger partial charge in [-0.25, -0.2) is 4.98 Å². The van der Waals surface area contributed by atoms with E-state index >= 15 is 0 Å². The summed E-state index contributed by atoms with van der Waals surface area (Å²) in [4.78, 5) is 14.1. The standard InChI is InChI=1S/C45H29N5/c1-2-8-30(9-3-1)33-26-40(31-14-18-34(19-15-31)49-42-12-6-4-10-36(42)38-28-46-24-22-44(38)49)48-41(27-33)32-16-20-35(21-17-32)50-43-13-7-5-11-37(43)39-29-47-25-23-45(39)50/h1-29H. The van der Waals surface area contributed by atoms with Gasteiger partial charge in [-0.05, 0) is 71.8 Å². The van der Waals surface area contributed by atoms with E-state index in [9.17, 15) is 0 Å². The Morgan fingerprint density at radius 1 is 0.340 bits per heavy atom. The van der Waals surface area contributed by atoms with Crippen molar-refractivity contribution in [2.24, 2.45) is 0 Å². The molecule has 0 amide bonds. The summed E-state index contributed by atoms with van der Waals surface area (Å²) in [5.74, 6) is 0. The van der Waals surface area contributed by atoms with Crippen LogP contribution >= 0.6 is 0 Å². The van der Waals surface area contributed by atoms with E-state index in [-0.39, 0.29) is 0 Å². The first kappa shape index (κ1) is 28.2. The average Bonchev–Trinajstić information content (AvgIpc) is 3.71. The first-order valence-electron chi connectivity index (χ1n) is 16.8. The second-order valence-electron chi connectivity index (χ2n) is 12.6. The van der Waals surface area contributed by atoms with E-state index in [1.807, 2.05) is 24.8 Å². The maximum absolute atomic E-state index is 5.25. The lowest BCUT2D eigenvalue weighted by atomic mass is 10.00. The molecule has 5 aromatic carbocycles. The van der Waals surface area contributed by atoms with Crippen molar-refractivity contribution in [3.63, 3.8) is 0 Å². The molecule has 5 nitrogen and oxygen atoms in total. The van der Waals surface area contributed by atoms with Crippen LogP contribution in [0.3, 0.4) is 0 Å². The fraction of sp³-hybridized carbons (Fsp3) is 0. The highest BCUT2D eigenvalue weighted by Gasteiger charge is 2.15. The maximum atomic E-state index is 5.25. The van der Waals surface area contributed by atoms with E-state index in [0.717, 1.165) is 77.9 Å². The Morgan fingerprint density at radius 2 is 0.780 bits per heavy atom. The van der Waals surface area contributed by atoms with Crippen LogP contribution in [0, 0.1) is 0 Å². The molecule has 5 aromatic heterocycles. The summed E-state index contributed by atoms with van der Waals surface area (Å²) < 4.78 is 4.62. The lowest BCUT2D eigenvalue weighted by molar-refractivity contribution is 1.17. The molecule has 0 bridgehead atoms. The van der Waals surface area contributed by atoms with Crippen LogP contribution in [0.4, 0.5) is 0 Å². The smallest absolute Gasteiger partial charge is 0.0715 e. The Bertz CT molecular complexity index is 2560. The van der Waals surface area contributed by atoms with Crippen molar-refractivity contribution in [1.29, 1.82) is 0 Å². The van der Waals surface area contributed by atoms with Crippen LogP contribution in [0.15, 0.2) is 176 Å². The summed E-state index contributed by atoms with van der Waals surface area (Å²) in [6.45, 7) is 0. The first-order valence-corrected chi connectivity index (χ1v) is 16.8. The second-order valence-corrected chi connectivity index (χ2v) is 12.6. The van der Waals surface area contributed by atoms with Gasteiger partial charge in [0.2, 0.25) is 0 Å². The van der Waals surface area contributed by atoms with Crippen molar-refractivity contribution in [2.45, 2.75) is 0 Å². The molecular weight excluding hydrogens is 611 g/mol. The molecule has 10 rings (SSSR count). The molecule has 5 heteroatoms. The van der Waals surface area contributed by atoms with Crippen molar-refractivity contribution >= 4 is 43.6 Å². The summed E-state index contributed by atoms with van der Waals surface area (Å²) in [6.07, 6.45) is 7.63. The SMILES string of the molecule is c1ccc(-c2cc(-c3ccc(-n4c5ccccc5c5cnccc54)cc3)nc(-c3ccc(-n4c5ccccc5c5cnccc54)cc3)c2)cc1. The van der Waals surface area contributed by atoms with Crippen LogP contribution in [-0.4, -0.2) is 24.1 Å². The third-order valence-corrected chi connectivity index (χ3v) is 9.72. The van der Waals surface area contributed by atoms with E-state index in [2.05, 4.69) is 171 Å². The number of para-hydroxylation sites is 2. The number of hydrogen-bond acceptors (Lipinski definition) is 3. The van der Waals surface area contributed by atoms with E-state index in [1.165, 1.54) is 10.8 Å². The number of benzene rings is 5. The zero-order valence-corrected chi connectivity index (χ0v) is 27.0. The third-order valence-electron chi connectivity index (χ3n) is 9.72. The molecule has 234 valence electrons. The van der Waals surface area contributed by atoms with Gasteiger partial charge in [0.15, 0.2) is 0 Å². The predicted octanol–water partition coefficient (Wildman–Crippen LogP) is 11.1. The quantitative estimate of drug-likeness (QED) is 0.188. The van der Waals surface area contributed by atoms with Gasteiger partial charge < -0.3 is 9.13 Å². The van der Waals surface area contributed by atoms with E-state index in [0.29, 0.717) is 0 Å². The van der Waals surface area contributed by atoms with E-state index < -0.39 is 0 Å². The van der Waals surface area contributed by atoms with Gasteiger partial charge >= 0.3 is 0 Å². The zero-order chi connectivity index (χ0) is 33.0. The molecule has 0 spiro atoms. The highest BCUT2D eigenvalue weighted by atomic mass is 15.0. The number of fused-ring (bicyclic) bond motifs is 6. The van der Waals surface area contributed by atoms with Gasteiger partial charge in [-0.1, -0.05) is 91.0 Å². The van der Waals surface area contributed by atoms with Gasteiger partial charge in [0.1, 0.15) is 0 Å². The zero-order valence-electron chi connectivity index (χ0n) is 27.0. The van der Waals surface area contributed by atoms with Crippen LogP contribution in [0.25, 0.3) is 88.6 Å². The molecule has 0 N–H and O–H groups in total. The minimum Gasteiger partial charge on any atom is -0.309 e. The largest absolute Gasteiger partial charge is 0.309 e. The monoisotopic (exact) mass is 639 g/mol. The average molecular weight is 640 g/mol. The van der Waals surface area contributed by atoms with Crippen molar-refractivity contribution in [3.05, 3.63) is 176 Å². The second kappa shape index (κ2) is 11.4. The molecule has 0 unspecified atom stereocenters. The topological polar surface area (TPSA) is 48.5 Å². The van der Waals surface area contributed by atoms with Gasteiger partial charge in [-0.3, -0.25) is 9.97 Å². The van der Waals surface area contributed by atoms with Gasteiger partial charge in [0.25, 0.3) is 0 Å². The summed E-state index contributed by atoms with van der Waals surface area (Å²) in [6, 6.07) is 53.6. The van der Waals surface area contributed by atoms with E-state index in [4.69, 9.17) is 4.98 Å². The molecule has 50 heavy (non-hydrogen) atoms. The third kappa shape index (κ3) is 4.52. The number of pyridine rings is 3. The minimum atomic E-state index is 0.929. The van der Waals surface area contributed by atoms with E-state index in [1.54, 1.807) is 0 Å². The first-order chi connectivity index (χ1) is 24.8. The fourth-order valence-corrected chi connectivity index (χ4v) is 7.37. The molecule has 0 aliphatic heterocycles. The number of rotatable bonds is 5. The van der Waals surface area contributed by atoms with Gasteiger partial charge in [-0.15, -0.1) is 0 Å².